The molecule has 0 radical (unpaired) electrons. The quantitative estimate of drug-likeness (QED) is 0.178. The van der Waals surface area contributed by atoms with Crippen LogP contribution in [-0.2, 0) is 14.3 Å². The van der Waals surface area contributed by atoms with Gasteiger partial charge in [0.2, 0.25) is 6.10 Å². The zero-order valence-corrected chi connectivity index (χ0v) is 19.4. The van der Waals surface area contributed by atoms with Crippen LogP contribution in [0.3, 0.4) is 0 Å². The van der Waals surface area contributed by atoms with Crippen LogP contribution < -0.4 is 10.1 Å². The van der Waals surface area contributed by atoms with Crippen molar-refractivity contribution in [3.63, 3.8) is 0 Å². The molecule has 1 atom stereocenters. The average molecular weight is 497 g/mol. The number of non-ortho nitro benzene ring substituents is 1. The van der Waals surface area contributed by atoms with Gasteiger partial charge >= 0.3 is 5.97 Å². The van der Waals surface area contributed by atoms with Crippen molar-refractivity contribution in [3.05, 3.63) is 99.1 Å². The summed E-state index contributed by atoms with van der Waals surface area (Å²) in [5, 5.41) is 13.4. The minimum atomic E-state index is -1.33. The zero-order chi connectivity index (χ0) is 25.4. The summed E-state index contributed by atoms with van der Waals surface area (Å²) in [6.07, 6.45) is -0.955. The fraction of sp³-hybridized carbons (Fsp3) is 0.160. The second-order valence-electron chi connectivity index (χ2n) is 7.28. The molecule has 35 heavy (non-hydrogen) atoms. The Bertz CT molecular complexity index is 1230. The number of rotatable bonds is 10. The fourth-order valence-corrected chi connectivity index (χ4v) is 3.29. The van der Waals surface area contributed by atoms with Gasteiger partial charge < -0.3 is 14.8 Å². The van der Waals surface area contributed by atoms with Gasteiger partial charge in [0.1, 0.15) is 5.75 Å². The van der Waals surface area contributed by atoms with E-state index in [-0.39, 0.29) is 22.2 Å². The predicted octanol–water partition coefficient (Wildman–Crippen LogP) is 5.14. The molecule has 0 saturated heterocycles. The number of nitro groups is 1. The fourth-order valence-electron chi connectivity index (χ4n) is 3.07. The van der Waals surface area contributed by atoms with Crippen molar-refractivity contribution < 1.29 is 28.8 Å². The number of ketones is 1. The number of benzene rings is 3. The van der Waals surface area contributed by atoms with E-state index in [1.807, 2.05) is 0 Å². The number of nitro benzene ring substituents is 1. The Morgan fingerprint density at radius 3 is 2.31 bits per heavy atom. The summed E-state index contributed by atoms with van der Waals surface area (Å²) in [6, 6.07) is 18.2. The molecule has 0 fully saturated rings. The topological polar surface area (TPSA) is 125 Å². The molecular weight excluding hydrogens is 476 g/mol. The van der Waals surface area contributed by atoms with E-state index in [1.165, 1.54) is 12.1 Å². The molecule has 3 rings (SSSR count). The molecule has 0 heterocycles. The number of halogens is 1. The van der Waals surface area contributed by atoms with Crippen molar-refractivity contribution in [3.8, 4) is 5.75 Å². The van der Waals surface area contributed by atoms with E-state index < -0.39 is 29.5 Å². The summed E-state index contributed by atoms with van der Waals surface area (Å²) in [5.74, 6) is -1.17. The third-order valence-electron chi connectivity index (χ3n) is 4.87. The second kappa shape index (κ2) is 11.8. The maximum absolute atomic E-state index is 13.0. The Morgan fingerprint density at radius 2 is 1.71 bits per heavy atom. The number of carbonyl (C=O) groups is 3. The second-order valence-corrected chi connectivity index (χ2v) is 7.69. The van der Waals surface area contributed by atoms with Crippen molar-refractivity contribution in [1.82, 2.24) is 0 Å². The van der Waals surface area contributed by atoms with Crippen LogP contribution in [0.25, 0.3) is 0 Å². The number of hydrogen-bond acceptors (Lipinski definition) is 7. The summed E-state index contributed by atoms with van der Waals surface area (Å²) in [4.78, 5) is 47.5. The molecule has 0 bridgehead atoms. The number of carbonyl (C=O) groups excluding carboxylic acids is 3. The van der Waals surface area contributed by atoms with Crippen molar-refractivity contribution in [2.24, 2.45) is 0 Å². The molecule has 3 aromatic carbocycles. The van der Waals surface area contributed by atoms with Gasteiger partial charge in [-0.25, -0.2) is 4.79 Å². The van der Waals surface area contributed by atoms with Gasteiger partial charge in [-0.2, -0.15) is 0 Å². The van der Waals surface area contributed by atoms with Crippen molar-refractivity contribution >= 4 is 40.6 Å². The molecular formula is C25H21ClN2O7. The monoisotopic (exact) mass is 496 g/mol. The highest BCUT2D eigenvalue weighted by Crippen LogP contribution is 2.28. The molecule has 0 aliphatic rings. The number of ether oxygens (including phenoxy) is 2. The first-order valence-electron chi connectivity index (χ1n) is 10.5. The van der Waals surface area contributed by atoms with E-state index in [4.69, 9.17) is 21.1 Å². The van der Waals surface area contributed by atoms with E-state index in [2.05, 4.69) is 5.32 Å². The van der Waals surface area contributed by atoms with E-state index in [0.717, 1.165) is 6.07 Å². The van der Waals surface area contributed by atoms with Crippen LogP contribution in [-0.4, -0.2) is 29.2 Å². The van der Waals surface area contributed by atoms with Crippen molar-refractivity contribution in [2.75, 3.05) is 11.9 Å². The molecule has 180 valence electrons. The highest BCUT2D eigenvalue weighted by molar-refractivity contribution is 6.34. The summed E-state index contributed by atoms with van der Waals surface area (Å²) in [5.41, 5.74) is 0.826. The molecule has 0 aromatic heterocycles. The summed E-state index contributed by atoms with van der Waals surface area (Å²) < 4.78 is 10.8. The van der Waals surface area contributed by atoms with E-state index >= 15 is 0 Å². The molecule has 1 N–H and O–H groups in total. The Kier molecular flexibility index (Phi) is 8.53. The number of Topliss-reactive ketones (excluding diaryl/α,β-unsaturated/α-hetero) is 1. The SMILES string of the molecule is CCC(=O)c1ccc(OCC(=O)OC(C(=O)Nc2ccc([N+](=O)[O-])cc2Cl)c2ccccc2)cc1. The van der Waals surface area contributed by atoms with Gasteiger partial charge in [-0.3, -0.25) is 19.7 Å². The zero-order valence-electron chi connectivity index (χ0n) is 18.6. The van der Waals surface area contributed by atoms with Crippen molar-refractivity contribution in [1.29, 1.82) is 0 Å². The van der Waals surface area contributed by atoms with E-state index in [0.29, 0.717) is 23.3 Å². The Hall–Kier alpha value is -4.24. The van der Waals surface area contributed by atoms with Crippen LogP contribution in [0.2, 0.25) is 5.02 Å². The summed E-state index contributed by atoms with van der Waals surface area (Å²) in [6.45, 7) is 1.29. The molecule has 3 aromatic rings. The van der Waals surface area contributed by atoms with Gasteiger partial charge in [-0.05, 0) is 30.3 Å². The van der Waals surface area contributed by atoms with Gasteiger partial charge in [-0.1, -0.05) is 48.9 Å². The van der Waals surface area contributed by atoms with Gasteiger partial charge in [0.05, 0.1) is 15.6 Å². The van der Waals surface area contributed by atoms with Gasteiger partial charge in [0, 0.05) is 29.7 Å². The Labute approximate surface area is 205 Å². The number of nitrogens with zero attached hydrogens (tertiary/aromatic N) is 1. The van der Waals surface area contributed by atoms with Crippen LogP contribution in [0.4, 0.5) is 11.4 Å². The predicted molar refractivity (Wildman–Crippen MR) is 129 cm³/mol. The lowest BCUT2D eigenvalue weighted by atomic mass is 10.1. The molecule has 9 nitrogen and oxygen atoms in total. The minimum Gasteiger partial charge on any atom is -0.482 e. The van der Waals surface area contributed by atoms with E-state index in [9.17, 15) is 24.5 Å². The summed E-state index contributed by atoms with van der Waals surface area (Å²) in [7, 11) is 0. The van der Waals surface area contributed by atoms with Crippen LogP contribution in [0.5, 0.6) is 5.75 Å². The number of amides is 1. The standard InChI is InChI=1S/C25H21ClN2O7/c1-2-22(29)16-8-11-19(12-9-16)34-15-23(30)35-24(17-6-4-3-5-7-17)25(31)27-21-13-10-18(28(32)33)14-20(21)26/h3-14,24H,2,15H2,1H3,(H,27,31). The maximum atomic E-state index is 13.0. The minimum absolute atomic E-state index is 0.0131. The number of hydrogen-bond donors (Lipinski definition) is 1. The van der Waals surface area contributed by atoms with Gasteiger partial charge in [-0.15, -0.1) is 0 Å². The lowest BCUT2D eigenvalue weighted by molar-refractivity contribution is -0.384. The molecule has 0 aliphatic carbocycles. The first-order chi connectivity index (χ1) is 16.8. The van der Waals surface area contributed by atoms with E-state index in [1.54, 1.807) is 61.5 Å². The average Bonchev–Trinajstić information content (AvgIpc) is 2.87. The Balaban J connectivity index is 1.69. The van der Waals surface area contributed by atoms with Crippen LogP contribution in [0.15, 0.2) is 72.8 Å². The molecule has 0 spiro atoms. The molecule has 0 saturated carbocycles. The normalized spacial score (nSPS) is 11.3. The largest absolute Gasteiger partial charge is 0.482 e. The summed E-state index contributed by atoms with van der Waals surface area (Å²) >= 11 is 6.06. The van der Waals surface area contributed by atoms with Gasteiger partial charge in [0.15, 0.2) is 12.4 Å². The molecule has 1 amide bonds. The number of nitrogens with one attached hydrogen (secondary N) is 1. The van der Waals surface area contributed by atoms with Crippen LogP contribution in [0, 0.1) is 10.1 Å². The van der Waals surface area contributed by atoms with Gasteiger partial charge in [0.25, 0.3) is 11.6 Å². The Morgan fingerprint density at radius 1 is 1.03 bits per heavy atom. The molecule has 0 aliphatic heterocycles. The number of esters is 1. The third kappa shape index (κ3) is 6.87. The third-order valence-corrected chi connectivity index (χ3v) is 5.18. The van der Waals surface area contributed by atoms with Crippen LogP contribution in [0.1, 0.15) is 35.4 Å². The van der Waals surface area contributed by atoms with Crippen molar-refractivity contribution in [2.45, 2.75) is 19.4 Å². The van der Waals surface area contributed by atoms with Crippen LogP contribution >= 0.6 is 11.6 Å². The first-order valence-corrected chi connectivity index (χ1v) is 10.9. The lowest BCUT2D eigenvalue weighted by Crippen LogP contribution is -2.28. The number of anilines is 1. The lowest BCUT2D eigenvalue weighted by Gasteiger charge is -2.18. The maximum Gasteiger partial charge on any atom is 0.345 e. The first kappa shape index (κ1) is 25.4. The highest BCUT2D eigenvalue weighted by atomic mass is 35.5. The molecule has 1 unspecified atom stereocenters. The molecule has 10 heteroatoms. The smallest absolute Gasteiger partial charge is 0.345 e. The highest BCUT2D eigenvalue weighted by Gasteiger charge is 2.26.